The van der Waals surface area contributed by atoms with Crippen LogP contribution in [0.25, 0.3) is 0 Å². The van der Waals surface area contributed by atoms with Gasteiger partial charge in [0.25, 0.3) is 0 Å². The summed E-state index contributed by atoms with van der Waals surface area (Å²) >= 11 is 1.72. The molecule has 1 aromatic heterocycles. The lowest BCUT2D eigenvalue weighted by Gasteiger charge is -2.38. The van der Waals surface area contributed by atoms with E-state index < -0.39 is 0 Å². The van der Waals surface area contributed by atoms with Crippen LogP contribution in [-0.2, 0) is 11.2 Å². The monoisotopic (exact) mass is 269 g/mol. The summed E-state index contributed by atoms with van der Waals surface area (Å²) < 4.78 is 5.94. The van der Waals surface area contributed by atoms with Crippen LogP contribution in [0, 0.1) is 0 Å². The Morgan fingerprint density at radius 3 is 3.06 bits per heavy atom. The summed E-state index contributed by atoms with van der Waals surface area (Å²) in [7, 11) is 2.02. The first kappa shape index (κ1) is 13.9. The van der Waals surface area contributed by atoms with E-state index in [1.165, 1.54) is 4.88 Å². The van der Waals surface area contributed by atoms with E-state index in [2.05, 4.69) is 29.0 Å². The highest BCUT2D eigenvalue weighted by Crippen LogP contribution is 2.16. The zero-order valence-corrected chi connectivity index (χ0v) is 12.2. The lowest BCUT2D eigenvalue weighted by atomic mass is 10.0. The van der Waals surface area contributed by atoms with E-state index in [0.29, 0.717) is 12.1 Å². The van der Waals surface area contributed by atoms with Crippen molar-refractivity contribution in [3.63, 3.8) is 0 Å². The molecule has 1 aromatic rings. The van der Waals surface area contributed by atoms with Gasteiger partial charge in [-0.05, 0) is 20.9 Å². The fourth-order valence-corrected chi connectivity index (χ4v) is 3.04. The Labute approximate surface area is 113 Å². The number of hydrogen-bond acceptors (Lipinski definition) is 5. The summed E-state index contributed by atoms with van der Waals surface area (Å²) in [5.41, 5.74) is 1.89. The quantitative estimate of drug-likeness (QED) is 0.876. The summed E-state index contributed by atoms with van der Waals surface area (Å²) in [5, 5.41) is 3.40. The molecule has 0 radical (unpaired) electrons. The molecule has 2 heterocycles. The third-order valence-corrected chi connectivity index (χ3v) is 4.38. The molecular weight excluding hydrogens is 246 g/mol. The highest BCUT2D eigenvalue weighted by molar-refractivity contribution is 7.09. The van der Waals surface area contributed by atoms with Crippen molar-refractivity contribution >= 4 is 11.3 Å². The van der Waals surface area contributed by atoms with Crippen LogP contribution in [0.1, 0.15) is 18.7 Å². The minimum Gasteiger partial charge on any atom is -0.374 e. The Hall–Kier alpha value is -0.490. The second-order valence-corrected chi connectivity index (χ2v) is 6.04. The average Bonchev–Trinajstić information content (AvgIpc) is 2.89. The van der Waals surface area contributed by atoms with Crippen molar-refractivity contribution in [3.8, 4) is 0 Å². The Morgan fingerprint density at radius 1 is 1.61 bits per heavy atom. The molecule has 4 nitrogen and oxygen atoms in total. The predicted molar refractivity (Wildman–Crippen MR) is 75.1 cm³/mol. The summed E-state index contributed by atoms with van der Waals surface area (Å²) in [6, 6.07) is 0.962. The maximum atomic E-state index is 5.94. The Bertz CT molecular complexity index is 342. The number of hydrogen-bond donors (Lipinski definition) is 1. The molecule has 102 valence electrons. The molecule has 1 aliphatic heterocycles. The summed E-state index contributed by atoms with van der Waals surface area (Å²) in [6.45, 7) is 7.40. The molecule has 0 aromatic carbocycles. The van der Waals surface area contributed by atoms with Crippen LogP contribution in [0.2, 0.25) is 0 Å². The molecule has 0 amide bonds. The van der Waals surface area contributed by atoms with Gasteiger partial charge < -0.3 is 10.1 Å². The van der Waals surface area contributed by atoms with Gasteiger partial charge in [-0.1, -0.05) is 0 Å². The van der Waals surface area contributed by atoms with Crippen molar-refractivity contribution in [3.05, 3.63) is 16.6 Å². The molecule has 1 N–H and O–H groups in total. The van der Waals surface area contributed by atoms with Crippen LogP contribution >= 0.6 is 11.3 Å². The second-order valence-electron chi connectivity index (χ2n) is 5.06. The number of likely N-dealkylation sites (N-methyl/N-ethyl adjacent to an activating group) is 1. The number of morpholine rings is 1. The Kier molecular flexibility index (Phi) is 5.12. The van der Waals surface area contributed by atoms with E-state index in [1.54, 1.807) is 11.3 Å². The van der Waals surface area contributed by atoms with Crippen LogP contribution in [0.4, 0.5) is 0 Å². The number of aromatic nitrogens is 1. The first-order valence-electron chi connectivity index (χ1n) is 6.61. The van der Waals surface area contributed by atoms with Crippen molar-refractivity contribution in [2.45, 2.75) is 38.5 Å². The zero-order chi connectivity index (χ0) is 13.0. The van der Waals surface area contributed by atoms with Gasteiger partial charge in [0.15, 0.2) is 0 Å². The van der Waals surface area contributed by atoms with E-state index in [9.17, 15) is 0 Å². The van der Waals surface area contributed by atoms with Gasteiger partial charge in [-0.15, -0.1) is 11.3 Å². The predicted octanol–water partition coefficient (Wildman–Crippen LogP) is 1.38. The normalized spacial score (nSPS) is 23.4. The number of nitrogens with zero attached hydrogens (tertiary/aromatic N) is 2. The van der Waals surface area contributed by atoms with Crippen LogP contribution < -0.4 is 5.32 Å². The minimum absolute atomic E-state index is 0.272. The largest absolute Gasteiger partial charge is 0.374 e. The summed E-state index contributed by atoms with van der Waals surface area (Å²) in [5.74, 6) is 0. The number of ether oxygens (including phenoxy) is 1. The lowest BCUT2D eigenvalue weighted by molar-refractivity contribution is -0.0540. The van der Waals surface area contributed by atoms with E-state index in [-0.39, 0.29) is 6.10 Å². The van der Waals surface area contributed by atoms with E-state index in [0.717, 1.165) is 26.1 Å². The Balaban J connectivity index is 1.94. The molecule has 18 heavy (non-hydrogen) atoms. The third kappa shape index (κ3) is 3.51. The van der Waals surface area contributed by atoms with Gasteiger partial charge in [0.1, 0.15) is 0 Å². The maximum absolute atomic E-state index is 5.94. The molecule has 2 atom stereocenters. The SMILES string of the molecule is CNC(Cc1cncs1)C1CN(C(C)C)CCO1. The first-order chi connectivity index (χ1) is 8.70. The van der Waals surface area contributed by atoms with Gasteiger partial charge in [-0.3, -0.25) is 9.88 Å². The van der Waals surface area contributed by atoms with Gasteiger partial charge in [-0.2, -0.15) is 0 Å². The van der Waals surface area contributed by atoms with Crippen molar-refractivity contribution in [1.82, 2.24) is 15.2 Å². The highest BCUT2D eigenvalue weighted by atomic mass is 32.1. The number of thiazole rings is 1. The summed E-state index contributed by atoms with van der Waals surface area (Å²) in [6.07, 6.45) is 3.23. The molecule has 0 aliphatic carbocycles. The molecule has 1 aliphatic rings. The molecule has 0 saturated carbocycles. The topological polar surface area (TPSA) is 37.4 Å². The van der Waals surface area contributed by atoms with Crippen molar-refractivity contribution in [2.75, 3.05) is 26.7 Å². The highest BCUT2D eigenvalue weighted by Gasteiger charge is 2.28. The van der Waals surface area contributed by atoms with Gasteiger partial charge in [0, 0.05) is 42.7 Å². The molecule has 2 rings (SSSR count). The van der Waals surface area contributed by atoms with Crippen LogP contribution in [0.5, 0.6) is 0 Å². The Morgan fingerprint density at radius 2 is 2.44 bits per heavy atom. The molecule has 1 saturated heterocycles. The zero-order valence-electron chi connectivity index (χ0n) is 11.4. The van der Waals surface area contributed by atoms with Crippen LogP contribution in [-0.4, -0.2) is 54.8 Å². The van der Waals surface area contributed by atoms with E-state index >= 15 is 0 Å². The maximum Gasteiger partial charge on any atom is 0.0858 e. The molecule has 0 bridgehead atoms. The average molecular weight is 269 g/mol. The number of nitrogens with one attached hydrogen (secondary N) is 1. The second kappa shape index (κ2) is 6.61. The molecule has 1 fully saturated rings. The van der Waals surface area contributed by atoms with E-state index in [1.807, 2.05) is 18.8 Å². The van der Waals surface area contributed by atoms with Gasteiger partial charge in [0.2, 0.25) is 0 Å². The van der Waals surface area contributed by atoms with E-state index in [4.69, 9.17) is 4.74 Å². The van der Waals surface area contributed by atoms with Gasteiger partial charge in [-0.25, -0.2) is 0 Å². The van der Waals surface area contributed by atoms with Gasteiger partial charge >= 0.3 is 0 Å². The lowest BCUT2D eigenvalue weighted by Crippen LogP contribution is -2.53. The smallest absolute Gasteiger partial charge is 0.0858 e. The standard InChI is InChI=1S/C13H23N3OS/c1-10(2)16-4-5-17-13(8-16)12(14-3)6-11-7-15-9-18-11/h7,9-10,12-14H,4-6,8H2,1-3H3. The molecule has 2 unspecified atom stereocenters. The first-order valence-corrected chi connectivity index (χ1v) is 7.49. The van der Waals surface area contributed by atoms with Crippen molar-refractivity contribution in [2.24, 2.45) is 0 Å². The van der Waals surface area contributed by atoms with Crippen LogP contribution in [0.15, 0.2) is 11.7 Å². The fraction of sp³-hybridized carbons (Fsp3) is 0.769. The number of rotatable bonds is 5. The molecular formula is C13H23N3OS. The van der Waals surface area contributed by atoms with Gasteiger partial charge in [0.05, 0.1) is 18.2 Å². The minimum atomic E-state index is 0.272. The summed E-state index contributed by atoms with van der Waals surface area (Å²) in [4.78, 5) is 7.95. The van der Waals surface area contributed by atoms with Crippen molar-refractivity contribution < 1.29 is 4.74 Å². The molecule has 5 heteroatoms. The van der Waals surface area contributed by atoms with Crippen LogP contribution in [0.3, 0.4) is 0 Å². The van der Waals surface area contributed by atoms with Crippen molar-refractivity contribution in [1.29, 1.82) is 0 Å². The fourth-order valence-electron chi connectivity index (χ4n) is 2.39. The molecule has 0 spiro atoms. The third-order valence-electron chi connectivity index (χ3n) is 3.58.